The van der Waals surface area contributed by atoms with Gasteiger partial charge in [-0.3, -0.25) is 4.21 Å². The zero-order chi connectivity index (χ0) is 9.03. The van der Waals surface area contributed by atoms with Gasteiger partial charge in [0.05, 0.1) is 6.61 Å². The standard InChI is InChI=1S/C7H14O4S.Na/c1-2-11-7(6-12(8)9)3-4-10-5-7;/h2-6H2,1H3,(H,8,9);/q;+1/p-1. The maximum Gasteiger partial charge on any atom is 1.00 e. The van der Waals surface area contributed by atoms with Gasteiger partial charge in [0, 0.05) is 25.4 Å². The molecule has 72 valence electrons. The van der Waals surface area contributed by atoms with E-state index in [1.54, 1.807) is 0 Å². The molecule has 0 N–H and O–H groups in total. The Morgan fingerprint density at radius 2 is 2.38 bits per heavy atom. The first-order valence-corrected chi connectivity index (χ1v) is 5.20. The van der Waals surface area contributed by atoms with Crippen LogP contribution in [0, 0.1) is 0 Å². The molecule has 1 aliphatic rings. The Bertz CT molecular complexity index is 170. The minimum absolute atomic E-state index is 0. The normalized spacial score (nSPS) is 29.7. The van der Waals surface area contributed by atoms with Crippen molar-refractivity contribution in [2.24, 2.45) is 0 Å². The molecule has 0 saturated carbocycles. The van der Waals surface area contributed by atoms with Crippen LogP contribution in [0.1, 0.15) is 13.3 Å². The fourth-order valence-corrected chi connectivity index (χ4v) is 2.12. The second kappa shape index (κ2) is 6.50. The molecule has 6 heteroatoms. The number of hydrogen-bond acceptors (Lipinski definition) is 4. The van der Waals surface area contributed by atoms with Gasteiger partial charge in [-0.1, -0.05) is 11.1 Å². The molecule has 0 aromatic heterocycles. The Kier molecular flexibility index (Phi) is 7.02. The van der Waals surface area contributed by atoms with Crippen LogP contribution in [0.2, 0.25) is 0 Å². The van der Waals surface area contributed by atoms with Crippen LogP contribution in [0.5, 0.6) is 0 Å². The molecule has 4 nitrogen and oxygen atoms in total. The summed E-state index contributed by atoms with van der Waals surface area (Å²) in [6, 6.07) is 0. The Labute approximate surface area is 103 Å². The molecule has 0 spiro atoms. The molecule has 1 fully saturated rings. The van der Waals surface area contributed by atoms with E-state index in [4.69, 9.17) is 9.47 Å². The van der Waals surface area contributed by atoms with Crippen molar-refractivity contribution in [3.8, 4) is 0 Å². The summed E-state index contributed by atoms with van der Waals surface area (Å²) in [5.41, 5.74) is -0.568. The predicted octanol–water partition coefficient (Wildman–Crippen LogP) is -2.93. The Morgan fingerprint density at radius 1 is 1.69 bits per heavy atom. The third kappa shape index (κ3) is 4.38. The van der Waals surface area contributed by atoms with Gasteiger partial charge in [-0.15, -0.1) is 0 Å². The van der Waals surface area contributed by atoms with Crippen LogP contribution >= 0.6 is 0 Å². The molecule has 1 rings (SSSR count). The van der Waals surface area contributed by atoms with Crippen molar-refractivity contribution < 1.29 is 47.8 Å². The molecule has 0 aromatic carbocycles. The third-order valence-corrected chi connectivity index (χ3v) is 2.66. The van der Waals surface area contributed by atoms with Gasteiger partial charge in [0.25, 0.3) is 0 Å². The molecule has 1 saturated heterocycles. The molecule has 13 heavy (non-hydrogen) atoms. The van der Waals surface area contributed by atoms with E-state index in [0.29, 0.717) is 26.2 Å². The molecule has 1 heterocycles. The molecule has 0 bridgehead atoms. The van der Waals surface area contributed by atoms with Gasteiger partial charge in [-0.2, -0.15) is 0 Å². The number of hydrogen-bond donors (Lipinski definition) is 0. The zero-order valence-corrected chi connectivity index (χ0v) is 10.9. The minimum atomic E-state index is -2.05. The van der Waals surface area contributed by atoms with Crippen LogP contribution in [0.3, 0.4) is 0 Å². The van der Waals surface area contributed by atoms with Crippen molar-refractivity contribution >= 4 is 11.1 Å². The number of rotatable bonds is 4. The molecule has 0 aromatic rings. The Balaban J connectivity index is 0.00000144. The predicted molar refractivity (Wildman–Crippen MR) is 43.6 cm³/mol. The van der Waals surface area contributed by atoms with Gasteiger partial charge >= 0.3 is 29.6 Å². The summed E-state index contributed by atoms with van der Waals surface area (Å²) in [5.74, 6) is 0.0425. The van der Waals surface area contributed by atoms with Crippen molar-refractivity contribution in [3.05, 3.63) is 0 Å². The van der Waals surface area contributed by atoms with Gasteiger partial charge < -0.3 is 14.0 Å². The van der Waals surface area contributed by atoms with Crippen LogP contribution in [-0.2, 0) is 20.6 Å². The van der Waals surface area contributed by atoms with Gasteiger partial charge in [0.15, 0.2) is 0 Å². The monoisotopic (exact) mass is 216 g/mol. The fourth-order valence-electron chi connectivity index (χ4n) is 1.38. The maximum atomic E-state index is 10.5. The number of ether oxygens (including phenoxy) is 2. The fraction of sp³-hybridized carbons (Fsp3) is 1.00. The summed E-state index contributed by atoms with van der Waals surface area (Å²) < 4.78 is 31.5. The van der Waals surface area contributed by atoms with Gasteiger partial charge in [0.1, 0.15) is 5.60 Å². The third-order valence-electron chi connectivity index (χ3n) is 1.90. The summed E-state index contributed by atoms with van der Waals surface area (Å²) >= 11 is -2.05. The van der Waals surface area contributed by atoms with Crippen LogP contribution in [0.4, 0.5) is 0 Å². The van der Waals surface area contributed by atoms with E-state index in [1.807, 2.05) is 6.92 Å². The summed E-state index contributed by atoms with van der Waals surface area (Å²) in [5, 5.41) is 0. The summed E-state index contributed by atoms with van der Waals surface area (Å²) in [6.07, 6.45) is 0.675. The van der Waals surface area contributed by atoms with E-state index in [2.05, 4.69) is 0 Å². The quantitative estimate of drug-likeness (QED) is 0.373. The average Bonchev–Trinajstić information content (AvgIpc) is 2.36. The van der Waals surface area contributed by atoms with E-state index in [1.165, 1.54) is 0 Å². The first kappa shape index (κ1) is 14.0. The Morgan fingerprint density at radius 3 is 2.77 bits per heavy atom. The molecule has 0 amide bonds. The van der Waals surface area contributed by atoms with Crippen molar-refractivity contribution in [2.45, 2.75) is 18.9 Å². The van der Waals surface area contributed by atoms with Gasteiger partial charge in [-0.05, 0) is 6.92 Å². The zero-order valence-electron chi connectivity index (χ0n) is 8.08. The smallest absolute Gasteiger partial charge is 0.772 e. The summed E-state index contributed by atoms with van der Waals surface area (Å²) in [7, 11) is 0. The van der Waals surface area contributed by atoms with E-state index < -0.39 is 16.7 Å². The topological polar surface area (TPSA) is 58.6 Å². The van der Waals surface area contributed by atoms with Crippen LogP contribution < -0.4 is 29.6 Å². The SMILES string of the molecule is CCOC1(CS(=O)[O-])CCOC1.[Na+]. The van der Waals surface area contributed by atoms with Crippen LogP contribution in [-0.4, -0.2) is 39.9 Å². The second-order valence-corrected chi connectivity index (χ2v) is 3.76. The Hall–Kier alpha value is 1.03. The first-order chi connectivity index (χ1) is 5.68. The molecule has 2 atom stereocenters. The van der Waals surface area contributed by atoms with E-state index in [9.17, 15) is 8.76 Å². The maximum absolute atomic E-state index is 10.5. The van der Waals surface area contributed by atoms with Gasteiger partial charge in [-0.25, -0.2) is 0 Å². The van der Waals surface area contributed by atoms with Gasteiger partial charge in [0.2, 0.25) is 0 Å². The average molecular weight is 216 g/mol. The van der Waals surface area contributed by atoms with E-state index in [0.717, 1.165) is 0 Å². The molecular weight excluding hydrogens is 203 g/mol. The van der Waals surface area contributed by atoms with E-state index >= 15 is 0 Å². The molecule has 2 unspecified atom stereocenters. The summed E-state index contributed by atoms with van der Waals surface area (Å²) in [4.78, 5) is 0. The summed E-state index contributed by atoms with van der Waals surface area (Å²) in [6.45, 7) is 3.38. The van der Waals surface area contributed by atoms with E-state index in [-0.39, 0.29) is 35.3 Å². The van der Waals surface area contributed by atoms with Crippen molar-refractivity contribution in [3.63, 3.8) is 0 Å². The molecule has 0 aliphatic carbocycles. The largest absolute Gasteiger partial charge is 1.00 e. The molecular formula is C7H13NaO4S. The molecule has 1 aliphatic heterocycles. The first-order valence-electron chi connectivity index (χ1n) is 3.96. The van der Waals surface area contributed by atoms with Crippen LogP contribution in [0.25, 0.3) is 0 Å². The van der Waals surface area contributed by atoms with Crippen LogP contribution in [0.15, 0.2) is 0 Å². The second-order valence-electron chi connectivity index (χ2n) is 2.87. The van der Waals surface area contributed by atoms with Crippen molar-refractivity contribution in [2.75, 3.05) is 25.6 Å². The van der Waals surface area contributed by atoms with Crippen molar-refractivity contribution in [1.29, 1.82) is 0 Å². The molecule has 0 radical (unpaired) electrons. The van der Waals surface area contributed by atoms with Crippen molar-refractivity contribution in [1.82, 2.24) is 0 Å². The minimum Gasteiger partial charge on any atom is -0.772 e.